The van der Waals surface area contributed by atoms with Crippen LogP contribution in [0, 0.1) is 5.92 Å². The Hall–Kier alpha value is -5.44. The fourth-order valence-corrected chi connectivity index (χ4v) is 6.22. The minimum absolute atomic E-state index is 0.0377. The van der Waals surface area contributed by atoms with Crippen molar-refractivity contribution in [3.05, 3.63) is 107 Å². The second-order valence-electron chi connectivity index (χ2n) is 13.1. The number of hydrogen-bond donors (Lipinski definition) is 2. The van der Waals surface area contributed by atoms with Crippen LogP contribution < -0.4 is 29.9 Å². The van der Waals surface area contributed by atoms with Gasteiger partial charge in [0.05, 0.1) is 38.6 Å². The molecule has 0 saturated carbocycles. The van der Waals surface area contributed by atoms with Gasteiger partial charge >= 0.3 is 12.4 Å². The zero-order chi connectivity index (χ0) is 39.8. The third kappa shape index (κ3) is 10.8. The molecule has 294 valence electrons. The molecular formula is C40H42F6N4O5. The van der Waals surface area contributed by atoms with Crippen LogP contribution >= 0.6 is 0 Å². The summed E-state index contributed by atoms with van der Waals surface area (Å²) in [4.78, 5) is 28.3. The van der Waals surface area contributed by atoms with Crippen LogP contribution in [0.4, 0.5) is 49.1 Å². The number of anilines is 4. The highest BCUT2D eigenvalue weighted by molar-refractivity contribution is 6.05. The lowest BCUT2D eigenvalue weighted by molar-refractivity contribution is -0.138. The highest BCUT2D eigenvalue weighted by Crippen LogP contribution is 2.40. The average Bonchev–Trinajstić information content (AvgIpc) is 3.18. The van der Waals surface area contributed by atoms with E-state index >= 15 is 0 Å². The van der Waals surface area contributed by atoms with Crippen molar-refractivity contribution in [1.82, 2.24) is 0 Å². The van der Waals surface area contributed by atoms with E-state index in [2.05, 4.69) is 17.6 Å². The SMILES string of the molecule is COc1cccc(NC(=O)c2ccc(N3CCC(C)CC3)c(C(F)(F)F)c2)c1.COc1cccc(NC(=O)c2ccc(N3CCOCC3)c(C(F)(F)F)c2)c1. The molecule has 9 nitrogen and oxygen atoms in total. The molecule has 6 rings (SSSR count). The monoisotopic (exact) mass is 772 g/mol. The van der Waals surface area contributed by atoms with Crippen molar-refractivity contribution >= 4 is 34.6 Å². The molecular weight excluding hydrogens is 730 g/mol. The molecule has 2 amide bonds. The molecule has 0 aromatic heterocycles. The Morgan fingerprint density at radius 3 is 1.45 bits per heavy atom. The lowest BCUT2D eigenvalue weighted by atomic mass is 9.97. The minimum Gasteiger partial charge on any atom is -0.497 e. The first-order valence-corrected chi connectivity index (χ1v) is 17.6. The molecule has 15 heteroatoms. The quantitative estimate of drug-likeness (QED) is 0.173. The first kappa shape index (κ1) is 40.7. The molecule has 4 aromatic rings. The van der Waals surface area contributed by atoms with Crippen LogP contribution in [-0.2, 0) is 17.1 Å². The predicted octanol–water partition coefficient (Wildman–Crippen LogP) is 9.01. The normalized spacial score (nSPS) is 15.1. The van der Waals surface area contributed by atoms with Crippen molar-refractivity contribution in [3.8, 4) is 11.5 Å². The summed E-state index contributed by atoms with van der Waals surface area (Å²) in [6, 6.07) is 20.7. The Morgan fingerprint density at radius 1 is 0.636 bits per heavy atom. The van der Waals surface area contributed by atoms with Gasteiger partial charge in [0.25, 0.3) is 11.8 Å². The topological polar surface area (TPSA) is 92.4 Å². The van der Waals surface area contributed by atoms with Crippen molar-refractivity contribution in [2.24, 2.45) is 5.92 Å². The number of piperidine rings is 1. The molecule has 2 N–H and O–H groups in total. The smallest absolute Gasteiger partial charge is 0.418 e. The third-order valence-corrected chi connectivity index (χ3v) is 9.26. The summed E-state index contributed by atoms with van der Waals surface area (Å²) in [5, 5.41) is 5.21. The first-order chi connectivity index (χ1) is 26.2. The fourth-order valence-electron chi connectivity index (χ4n) is 6.22. The highest BCUT2D eigenvalue weighted by Gasteiger charge is 2.37. The molecule has 0 unspecified atom stereocenters. The summed E-state index contributed by atoms with van der Waals surface area (Å²) in [5.74, 6) is 0.369. The Labute approximate surface area is 315 Å². The van der Waals surface area contributed by atoms with Gasteiger partial charge in [-0.25, -0.2) is 0 Å². The minimum atomic E-state index is -4.57. The van der Waals surface area contributed by atoms with Gasteiger partial charge in [-0.15, -0.1) is 0 Å². The summed E-state index contributed by atoms with van der Waals surface area (Å²) in [5.41, 5.74) is -0.632. The molecule has 2 heterocycles. The van der Waals surface area contributed by atoms with Crippen molar-refractivity contribution in [2.45, 2.75) is 32.1 Å². The Morgan fingerprint density at radius 2 is 1.05 bits per heavy atom. The molecule has 2 aliphatic heterocycles. The van der Waals surface area contributed by atoms with Gasteiger partial charge in [-0.05, 0) is 79.4 Å². The number of nitrogens with zero attached hydrogens (tertiary/aromatic N) is 2. The van der Waals surface area contributed by atoms with Gasteiger partial charge < -0.3 is 34.6 Å². The van der Waals surface area contributed by atoms with Crippen molar-refractivity contribution in [1.29, 1.82) is 0 Å². The van der Waals surface area contributed by atoms with Gasteiger partial charge in [-0.1, -0.05) is 19.1 Å². The van der Waals surface area contributed by atoms with Crippen LogP contribution in [0.1, 0.15) is 51.6 Å². The van der Waals surface area contributed by atoms with Crippen LogP contribution in [0.3, 0.4) is 0 Å². The van der Waals surface area contributed by atoms with Crippen LogP contribution in [0.15, 0.2) is 84.9 Å². The molecule has 0 aliphatic carbocycles. The van der Waals surface area contributed by atoms with E-state index in [0.717, 1.165) is 25.0 Å². The van der Waals surface area contributed by atoms with Crippen LogP contribution in [0.25, 0.3) is 0 Å². The van der Waals surface area contributed by atoms with E-state index in [1.165, 1.54) is 38.5 Å². The van der Waals surface area contributed by atoms with E-state index in [0.29, 0.717) is 68.2 Å². The Balaban J connectivity index is 0.000000211. The number of carbonyl (C=O) groups excluding carboxylic acids is 2. The van der Waals surface area contributed by atoms with Crippen LogP contribution in [0.2, 0.25) is 0 Å². The summed E-state index contributed by atoms with van der Waals surface area (Å²) >= 11 is 0. The molecule has 0 radical (unpaired) electrons. The largest absolute Gasteiger partial charge is 0.497 e. The van der Waals surface area contributed by atoms with Gasteiger partial charge in [0, 0.05) is 72.2 Å². The number of rotatable bonds is 8. The van der Waals surface area contributed by atoms with Crippen molar-refractivity contribution in [3.63, 3.8) is 0 Å². The Bertz CT molecular complexity index is 1940. The van der Waals surface area contributed by atoms with E-state index in [1.54, 1.807) is 58.3 Å². The maximum absolute atomic E-state index is 13.7. The maximum Gasteiger partial charge on any atom is 0.418 e. The van der Waals surface area contributed by atoms with Gasteiger partial charge in [0.15, 0.2) is 0 Å². The summed E-state index contributed by atoms with van der Waals surface area (Å²) in [7, 11) is 2.98. The van der Waals surface area contributed by atoms with Gasteiger partial charge in [-0.2, -0.15) is 26.3 Å². The van der Waals surface area contributed by atoms with Crippen molar-refractivity contribution < 1.29 is 50.1 Å². The first-order valence-electron chi connectivity index (χ1n) is 17.6. The number of nitrogens with one attached hydrogen (secondary N) is 2. The van der Waals surface area contributed by atoms with Gasteiger partial charge in [0.1, 0.15) is 11.5 Å². The van der Waals surface area contributed by atoms with Crippen LogP contribution in [-0.4, -0.2) is 65.4 Å². The summed E-state index contributed by atoms with van der Waals surface area (Å²) in [6.07, 6.45) is -7.39. The average molecular weight is 773 g/mol. The lowest BCUT2D eigenvalue weighted by Crippen LogP contribution is -2.37. The second-order valence-corrected chi connectivity index (χ2v) is 13.1. The van der Waals surface area contributed by atoms with E-state index < -0.39 is 35.3 Å². The lowest BCUT2D eigenvalue weighted by Gasteiger charge is -2.34. The molecule has 55 heavy (non-hydrogen) atoms. The molecule has 0 bridgehead atoms. The molecule has 2 fully saturated rings. The zero-order valence-electron chi connectivity index (χ0n) is 30.5. The number of morpholine rings is 1. The highest BCUT2D eigenvalue weighted by atomic mass is 19.4. The zero-order valence-corrected chi connectivity index (χ0v) is 30.5. The number of ether oxygens (including phenoxy) is 3. The van der Waals surface area contributed by atoms with E-state index in [1.807, 2.05) is 0 Å². The fraction of sp³-hybridized carbons (Fsp3) is 0.350. The summed E-state index contributed by atoms with van der Waals surface area (Å²) < 4.78 is 97.1. The number of amides is 2. The number of carbonyl (C=O) groups is 2. The number of halogens is 6. The predicted molar refractivity (Wildman–Crippen MR) is 198 cm³/mol. The molecule has 0 atom stereocenters. The standard InChI is InChI=1S/C21H23F3N2O2.C19H19F3N2O3/c1-14-8-10-26(11-9-14)19-7-6-15(12-18(19)21(22,23)24)20(27)25-16-4-3-5-17(13-16)28-2;1-26-15-4-2-3-14(12-15)23-18(25)13-5-6-17(16(11-13)19(20,21)22)24-7-9-27-10-8-24/h3-7,12-14H,8-11H2,1-2H3,(H,25,27);2-6,11-12H,7-10H2,1H3,(H,23,25). The molecule has 2 aliphatic rings. The maximum atomic E-state index is 13.7. The second kappa shape index (κ2) is 17.8. The van der Waals surface area contributed by atoms with E-state index in [-0.39, 0.29) is 22.5 Å². The summed E-state index contributed by atoms with van der Waals surface area (Å²) in [6.45, 7) is 4.76. The Kier molecular flexibility index (Phi) is 13.2. The number of hydrogen-bond acceptors (Lipinski definition) is 7. The number of alkyl halides is 6. The van der Waals surface area contributed by atoms with Crippen LogP contribution in [0.5, 0.6) is 11.5 Å². The number of methoxy groups -OCH3 is 2. The third-order valence-electron chi connectivity index (χ3n) is 9.26. The van der Waals surface area contributed by atoms with Gasteiger partial charge in [-0.3, -0.25) is 9.59 Å². The molecule has 0 spiro atoms. The van der Waals surface area contributed by atoms with E-state index in [4.69, 9.17) is 14.2 Å². The van der Waals surface area contributed by atoms with E-state index in [9.17, 15) is 35.9 Å². The molecule has 4 aromatic carbocycles. The molecule has 2 saturated heterocycles. The number of benzene rings is 4. The van der Waals surface area contributed by atoms with Crippen molar-refractivity contribution in [2.75, 3.05) is 74.0 Å². The van der Waals surface area contributed by atoms with Gasteiger partial charge in [0.2, 0.25) is 0 Å².